The van der Waals surface area contributed by atoms with E-state index in [0.29, 0.717) is 0 Å². The lowest BCUT2D eigenvalue weighted by molar-refractivity contribution is 0.635. The summed E-state index contributed by atoms with van der Waals surface area (Å²) in [4.78, 5) is 8.60. The van der Waals surface area contributed by atoms with E-state index < -0.39 is 0 Å². The van der Waals surface area contributed by atoms with E-state index in [1.54, 1.807) is 6.20 Å². The van der Waals surface area contributed by atoms with Crippen molar-refractivity contribution in [3.63, 3.8) is 0 Å². The maximum Gasteiger partial charge on any atom is 0.0736 e. The van der Waals surface area contributed by atoms with Crippen molar-refractivity contribution in [2.24, 2.45) is 0 Å². The molecule has 0 spiro atoms. The summed E-state index contributed by atoms with van der Waals surface area (Å²) in [7, 11) is 1.93. The molecule has 0 unspecified atom stereocenters. The van der Waals surface area contributed by atoms with Crippen molar-refractivity contribution in [1.29, 1.82) is 0 Å². The van der Waals surface area contributed by atoms with Gasteiger partial charge in [0.2, 0.25) is 0 Å². The molecule has 0 radical (unpaired) electrons. The maximum absolute atomic E-state index is 4.54. The summed E-state index contributed by atoms with van der Waals surface area (Å²) >= 11 is 0. The lowest BCUT2D eigenvalue weighted by atomic mass is 10.2. The van der Waals surface area contributed by atoms with Crippen molar-refractivity contribution in [1.82, 2.24) is 15.3 Å². The zero-order valence-corrected chi connectivity index (χ0v) is 8.36. The Morgan fingerprint density at radius 2 is 2.14 bits per heavy atom. The van der Waals surface area contributed by atoms with E-state index in [1.807, 2.05) is 25.4 Å². The first-order chi connectivity index (χ1) is 6.81. The third-order valence-corrected chi connectivity index (χ3v) is 2.39. The maximum atomic E-state index is 4.54. The molecular weight excluding hydrogens is 174 g/mol. The summed E-state index contributed by atoms with van der Waals surface area (Å²) in [5.41, 5.74) is 2.06. The third-order valence-electron chi connectivity index (χ3n) is 2.39. The van der Waals surface area contributed by atoms with Crippen LogP contribution in [0, 0.1) is 0 Å². The Kier molecular flexibility index (Phi) is 2.41. The Hall–Kier alpha value is -1.48. The quantitative estimate of drug-likeness (QED) is 0.780. The van der Waals surface area contributed by atoms with Gasteiger partial charge in [-0.15, -0.1) is 0 Å². The molecule has 2 aromatic rings. The number of aromatic nitrogens is 2. The molecule has 2 heterocycles. The molecule has 0 fully saturated rings. The number of rotatable bonds is 2. The van der Waals surface area contributed by atoms with E-state index in [9.17, 15) is 0 Å². The fraction of sp³-hybridized carbons (Fsp3) is 0.273. The molecule has 1 atom stereocenters. The number of pyridine rings is 2. The molecule has 3 nitrogen and oxygen atoms in total. The molecule has 0 aliphatic heterocycles. The van der Waals surface area contributed by atoms with Crippen LogP contribution in [0.15, 0.2) is 30.6 Å². The first-order valence-corrected chi connectivity index (χ1v) is 4.69. The number of fused-ring (bicyclic) bond motifs is 1. The summed E-state index contributed by atoms with van der Waals surface area (Å²) in [6.45, 7) is 2.09. The Balaban J connectivity index is 2.51. The van der Waals surface area contributed by atoms with Crippen molar-refractivity contribution in [2.45, 2.75) is 13.0 Å². The van der Waals surface area contributed by atoms with E-state index in [0.717, 1.165) is 16.6 Å². The summed E-state index contributed by atoms with van der Waals surface area (Å²) in [5.74, 6) is 0. The third kappa shape index (κ3) is 1.59. The van der Waals surface area contributed by atoms with Gasteiger partial charge in [-0.05, 0) is 32.2 Å². The van der Waals surface area contributed by atoms with E-state index in [-0.39, 0.29) is 6.04 Å². The van der Waals surface area contributed by atoms with Crippen LogP contribution in [0.1, 0.15) is 18.7 Å². The molecule has 0 aromatic carbocycles. The average Bonchev–Trinajstić information content (AvgIpc) is 2.27. The van der Waals surface area contributed by atoms with E-state index in [4.69, 9.17) is 0 Å². The Labute approximate surface area is 83.2 Å². The van der Waals surface area contributed by atoms with Crippen LogP contribution in [0.4, 0.5) is 0 Å². The van der Waals surface area contributed by atoms with Gasteiger partial charge in [-0.25, -0.2) is 0 Å². The first-order valence-electron chi connectivity index (χ1n) is 4.69. The zero-order valence-electron chi connectivity index (χ0n) is 8.36. The molecule has 0 aliphatic carbocycles. The van der Waals surface area contributed by atoms with Crippen LogP contribution < -0.4 is 5.32 Å². The lowest BCUT2D eigenvalue weighted by Gasteiger charge is -2.09. The largest absolute Gasteiger partial charge is 0.312 e. The van der Waals surface area contributed by atoms with E-state index in [1.165, 1.54) is 0 Å². The second-order valence-electron chi connectivity index (χ2n) is 3.31. The van der Waals surface area contributed by atoms with E-state index in [2.05, 4.69) is 28.3 Å². The molecule has 0 saturated carbocycles. The SMILES string of the molecule is CN[C@@H](C)c1ccc2cnccc2n1. The van der Waals surface area contributed by atoms with Gasteiger partial charge in [-0.2, -0.15) is 0 Å². The minimum Gasteiger partial charge on any atom is -0.312 e. The van der Waals surface area contributed by atoms with Crippen LogP contribution in [0.3, 0.4) is 0 Å². The number of hydrogen-bond acceptors (Lipinski definition) is 3. The molecule has 14 heavy (non-hydrogen) atoms. The highest BCUT2D eigenvalue weighted by molar-refractivity contribution is 5.77. The second-order valence-corrected chi connectivity index (χ2v) is 3.31. The minimum absolute atomic E-state index is 0.285. The van der Waals surface area contributed by atoms with Gasteiger partial charge in [0.25, 0.3) is 0 Å². The van der Waals surface area contributed by atoms with Gasteiger partial charge in [0.15, 0.2) is 0 Å². The second kappa shape index (κ2) is 3.72. The fourth-order valence-corrected chi connectivity index (χ4v) is 1.37. The average molecular weight is 187 g/mol. The molecule has 0 amide bonds. The normalized spacial score (nSPS) is 13.0. The van der Waals surface area contributed by atoms with Gasteiger partial charge in [-0.1, -0.05) is 0 Å². The highest BCUT2D eigenvalue weighted by atomic mass is 14.9. The molecule has 72 valence electrons. The van der Waals surface area contributed by atoms with Gasteiger partial charge < -0.3 is 5.32 Å². The summed E-state index contributed by atoms with van der Waals surface area (Å²) in [5, 5.41) is 4.25. The van der Waals surface area contributed by atoms with Crippen LogP contribution >= 0.6 is 0 Å². The molecular formula is C11H13N3. The van der Waals surface area contributed by atoms with Gasteiger partial charge in [-0.3, -0.25) is 9.97 Å². The molecule has 2 aromatic heterocycles. The first kappa shape index (κ1) is 9.09. The summed E-state index contributed by atoms with van der Waals surface area (Å²) < 4.78 is 0. The van der Waals surface area contributed by atoms with Gasteiger partial charge >= 0.3 is 0 Å². The van der Waals surface area contributed by atoms with Crippen LogP contribution in [0.5, 0.6) is 0 Å². The minimum atomic E-state index is 0.285. The number of hydrogen-bond donors (Lipinski definition) is 1. The Morgan fingerprint density at radius 1 is 1.29 bits per heavy atom. The number of nitrogens with zero attached hydrogens (tertiary/aromatic N) is 2. The van der Waals surface area contributed by atoms with Crippen LogP contribution in [0.2, 0.25) is 0 Å². The van der Waals surface area contributed by atoms with Crippen molar-refractivity contribution in [3.05, 3.63) is 36.3 Å². The molecule has 2 rings (SSSR count). The smallest absolute Gasteiger partial charge is 0.0736 e. The molecule has 3 heteroatoms. The predicted molar refractivity (Wildman–Crippen MR) is 57.0 cm³/mol. The lowest BCUT2D eigenvalue weighted by Crippen LogP contribution is -2.13. The van der Waals surface area contributed by atoms with Crippen molar-refractivity contribution in [3.8, 4) is 0 Å². The van der Waals surface area contributed by atoms with Crippen LogP contribution in [-0.2, 0) is 0 Å². The highest BCUT2D eigenvalue weighted by Gasteiger charge is 2.04. The Morgan fingerprint density at radius 3 is 2.93 bits per heavy atom. The standard InChI is InChI=1S/C11H13N3/c1-8(12-2)10-4-3-9-7-13-6-5-11(9)14-10/h3-8,12H,1-2H3/t8-/m0/s1. The van der Waals surface area contributed by atoms with Crippen molar-refractivity contribution >= 4 is 10.9 Å². The summed E-state index contributed by atoms with van der Waals surface area (Å²) in [6, 6.07) is 6.30. The van der Waals surface area contributed by atoms with Gasteiger partial charge in [0.05, 0.1) is 11.2 Å². The van der Waals surface area contributed by atoms with Crippen LogP contribution in [0.25, 0.3) is 10.9 Å². The zero-order chi connectivity index (χ0) is 9.97. The summed E-state index contributed by atoms with van der Waals surface area (Å²) in [6.07, 6.45) is 3.60. The topological polar surface area (TPSA) is 37.8 Å². The fourth-order valence-electron chi connectivity index (χ4n) is 1.37. The Bertz CT molecular complexity index is 439. The molecule has 0 saturated heterocycles. The van der Waals surface area contributed by atoms with Gasteiger partial charge in [0.1, 0.15) is 0 Å². The molecule has 0 aliphatic rings. The van der Waals surface area contributed by atoms with Crippen LogP contribution in [-0.4, -0.2) is 17.0 Å². The highest BCUT2D eigenvalue weighted by Crippen LogP contribution is 2.14. The molecule has 1 N–H and O–H groups in total. The van der Waals surface area contributed by atoms with Crippen molar-refractivity contribution < 1.29 is 0 Å². The number of nitrogens with one attached hydrogen (secondary N) is 1. The van der Waals surface area contributed by atoms with E-state index >= 15 is 0 Å². The molecule has 0 bridgehead atoms. The van der Waals surface area contributed by atoms with Crippen molar-refractivity contribution in [2.75, 3.05) is 7.05 Å². The predicted octanol–water partition coefficient (Wildman–Crippen LogP) is 1.91. The monoisotopic (exact) mass is 187 g/mol. The van der Waals surface area contributed by atoms with Gasteiger partial charge in [0, 0.05) is 23.8 Å².